The van der Waals surface area contributed by atoms with Crippen molar-refractivity contribution in [2.45, 2.75) is 50.8 Å². The predicted molar refractivity (Wildman–Crippen MR) is 128 cm³/mol. The van der Waals surface area contributed by atoms with E-state index < -0.39 is 64.3 Å². The van der Waals surface area contributed by atoms with Gasteiger partial charge in [-0.15, -0.1) is 0 Å². The zero-order chi connectivity index (χ0) is 29.4. The number of hydrogen-bond acceptors (Lipinski definition) is 1. The Morgan fingerprint density at radius 3 is 1.93 bits per heavy atom. The quantitative estimate of drug-likeness (QED) is 0.265. The van der Waals surface area contributed by atoms with Gasteiger partial charge in [0.1, 0.15) is 28.8 Å². The van der Waals surface area contributed by atoms with Crippen LogP contribution in [0, 0.1) is 29.2 Å². The van der Waals surface area contributed by atoms with Crippen LogP contribution in [0.5, 0.6) is 5.75 Å². The maximum absolute atomic E-state index is 14.9. The molecule has 0 saturated heterocycles. The van der Waals surface area contributed by atoms with Crippen LogP contribution in [-0.4, -0.2) is 6.18 Å². The molecular weight excluding hydrogens is 554 g/mol. The normalized spacial score (nSPS) is 18.6. The molecule has 0 bridgehead atoms. The number of alkyl halides is 5. The Hall–Kier alpha value is -3.50. The third-order valence-electron chi connectivity index (χ3n) is 6.90. The molecule has 1 aliphatic carbocycles. The zero-order valence-corrected chi connectivity index (χ0v) is 20.9. The van der Waals surface area contributed by atoms with Crippen LogP contribution in [0.3, 0.4) is 0 Å². The molecule has 4 rings (SSSR count). The van der Waals surface area contributed by atoms with Crippen LogP contribution < -0.4 is 4.74 Å². The van der Waals surface area contributed by atoms with Crippen molar-refractivity contribution in [3.63, 3.8) is 0 Å². The van der Waals surface area contributed by atoms with E-state index in [0.29, 0.717) is 17.9 Å². The summed E-state index contributed by atoms with van der Waals surface area (Å²) in [6, 6.07) is 8.08. The van der Waals surface area contributed by atoms with Gasteiger partial charge in [0, 0.05) is 17.7 Å². The van der Waals surface area contributed by atoms with Gasteiger partial charge in [0.05, 0.1) is 11.6 Å². The van der Waals surface area contributed by atoms with Crippen molar-refractivity contribution in [3.8, 4) is 16.9 Å². The van der Waals surface area contributed by atoms with Crippen molar-refractivity contribution in [2.75, 3.05) is 0 Å². The summed E-state index contributed by atoms with van der Waals surface area (Å²) in [6.07, 6.45) is -6.78. The highest BCUT2D eigenvalue weighted by Crippen LogP contribution is 2.40. The molecule has 0 N–H and O–H groups in total. The van der Waals surface area contributed by atoms with Crippen LogP contribution >= 0.6 is 0 Å². The second kappa shape index (κ2) is 11.2. The minimum absolute atomic E-state index is 0.00667. The second-order valence-electron chi connectivity index (χ2n) is 9.78. The van der Waals surface area contributed by atoms with E-state index in [-0.39, 0.29) is 23.3 Å². The van der Waals surface area contributed by atoms with Gasteiger partial charge < -0.3 is 4.74 Å². The van der Waals surface area contributed by atoms with E-state index in [9.17, 15) is 43.9 Å². The lowest BCUT2D eigenvalue weighted by Crippen LogP contribution is -2.24. The van der Waals surface area contributed by atoms with Crippen LogP contribution in [0.2, 0.25) is 0 Å². The molecule has 1 fully saturated rings. The Balaban J connectivity index is 1.57. The van der Waals surface area contributed by atoms with E-state index >= 15 is 0 Å². The molecule has 1 saturated carbocycles. The summed E-state index contributed by atoms with van der Waals surface area (Å²) in [5.74, 6) is -10.2. The third-order valence-corrected chi connectivity index (χ3v) is 6.90. The first kappa shape index (κ1) is 29.5. The smallest absolute Gasteiger partial charge is 0.429 e. The van der Waals surface area contributed by atoms with Crippen molar-refractivity contribution >= 4 is 5.83 Å². The van der Waals surface area contributed by atoms with Crippen LogP contribution in [0.4, 0.5) is 43.9 Å². The lowest BCUT2D eigenvalue weighted by Gasteiger charge is -2.26. The molecule has 3 aromatic carbocycles. The van der Waals surface area contributed by atoms with E-state index in [1.165, 1.54) is 0 Å². The molecule has 3 aromatic rings. The summed E-state index contributed by atoms with van der Waals surface area (Å²) in [6.45, 7) is 2.18. The lowest BCUT2D eigenvalue weighted by molar-refractivity contribution is -0.187. The number of benzene rings is 3. The van der Waals surface area contributed by atoms with Gasteiger partial charge in [-0.3, -0.25) is 0 Å². The molecule has 0 spiro atoms. The number of rotatable bonds is 6. The van der Waals surface area contributed by atoms with E-state index in [2.05, 4.69) is 11.7 Å². The first-order chi connectivity index (χ1) is 18.7. The summed E-state index contributed by atoms with van der Waals surface area (Å²) in [7, 11) is 0. The fraction of sp³-hybridized carbons (Fsp3) is 0.310. The fourth-order valence-electron chi connectivity index (χ4n) is 4.78. The molecule has 214 valence electrons. The summed E-state index contributed by atoms with van der Waals surface area (Å²) < 4.78 is 142. The van der Waals surface area contributed by atoms with Gasteiger partial charge in [0.25, 0.3) is 0 Å². The summed E-state index contributed by atoms with van der Waals surface area (Å²) >= 11 is 0. The van der Waals surface area contributed by atoms with Crippen LogP contribution in [0.25, 0.3) is 17.0 Å². The second-order valence-corrected chi connectivity index (χ2v) is 9.78. The third kappa shape index (κ3) is 6.45. The topological polar surface area (TPSA) is 9.23 Å². The molecule has 11 heteroatoms. The largest absolute Gasteiger partial charge is 0.429 e. The fourth-order valence-corrected chi connectivity index (χ4v) is 4.78. The highest BCUT2D eigenvalue weighted by Gasteiger charge is 2.40. The molecule has 0 aromatic heterocycles. The van der Waals surface area contributed by atoms with Crippen molar-refractivity contribution < 1.29 is 48.6 Å². The summed E-state index contributed by atoms with van der Waals surface area (Å²) in [5, 5.41) is 0. The molecule has 1 aliphatic rings. The maximum Gasteiger partial charge on any atom is 0.429 e. The first-order valence-electron chi connectivity index (χ1n) is 12.3. The highest BCUT2D eigenvalue weighted by atomic mass is 19.4. The Morgan fingerprint density at radius 2 is 1.38 bits per heavy atom. The van der Waals surface area contributed by atoms with E-state index in [1.54, 1.807) is 24.3 Å². The molecule has 0 amide bonds. The molecule has 0 radical (unpaired) electrons. The summed E-state index contributed by atoms with van der Waals surface area (Å²) in [5.41, 5.74) is -2.41. The Labute approximate surface area is 223 Å². The van der Waals surface area contributed by atoms with Crippen molar-refractivity contribution in [2.24, 2.45) is 5.92 Å². The van der Waals surface area contributed by atoms with E-state index in [4.69, 9.17) is 0 Å². The van der Waals surface area contributed by atoms with Crippen molar-refractivity contribution in [3.05, 3.63) is 94.6 Å². The predicted octanol–water partition coefficient (Wildman–Crippen LogP) is 10.2. The lowest BCUT2D eigenvalue weighted by atomic mass is 9.79. The zero-order valence-electron chi connectivity index (χ0n) is 20.9. The minimum atomic E-state index is -5.25. The van der Waals surface area contributed by atoms with Gasteiger partial charge >= 0.3 is 12.3 Å². The highest BCUT2D eigenvalue weighted by molar-refractivity contribution is 5.65. The molecule has 1 nitrogen and oxygen atoms in total. The Morgan fingerprint density at radius 1 is 0.800 bits per heavy atom. The molecule has 0 heterocycles. The average molecular weight is 576 g/mol. The standard InChI is InChI=1S/C29H22F10O/c1-15-2-4-16(5-3-15)17-6-8-18(9-7-17)20-10-11-21(27(34)26(20)33)29(38,39)40-19-12-22(30)25(23(31)13-19)24(32)14-28(35,36)37/h6-16H,2-5H2,1H3/b24-14-. The van der Waals surface area contributed by atoms with Gasteiger partial charge in [0.2, 0.25) is 0 Å². The van der Waals surface area contributed by atoms with E-state index in [1.807, 2.05) is 0 Å². The van der Waals surface area contributed by atoms with Gasteiger partial charge in [-0.2, -0.15) is 22.0 Å². The van der Waals surface area contributed by atoms with Gasteiger partial charge in [-0.25, -0.2) is 22.0 Å². The number of hydrogen-bond donors (Lipinski definition) is 0. The minimum Gasteiger partial charge on any atom is -0.429 e. The summed E-state index contributed by atoms with van der Waals surface area (Å²) in [4.78, 5) is 0. The number of allylic oxidation sites excluding steroid dienone is 1. The van der Waals surface area contributed by atoms with E-state index in [0.717, 1.165) is 37.3 Å². The molecule has 0 unspecified atom stereocenters. The van der Waals surface area contributed by atoms with Crippen LogP contribution in [0.15, 0.2) is 54.6 Å². The first-order valence-corrected chi connectivity index (χ1v) is 12.3. The van der Waals surface area contributed by atoms with Gasteiger partial charge in [-0.1, -0.05) is 50.1 Å². The van der Waals surface area contributed by atoms with Crippen molar-refractivity contribution in [1.29, 1.82) is 0 Å². The van der Waals surface area contributed by atoms with Gasteiger partial charge in [0.15, 0.2) is 11.6 Å². The van der Waals surface area contributed by atoms with Crippen molar-refractivity contribution in [1.82, 2.24) is 0 Å². The molecule has 0 atom stereocenters. The molecule has 40 heavy (non-hydrogen) atoms. The number of ether oxygens (including phenoxy) is 1. The molecule has 0 aliphatic heterocycles. The Kier molecular flexibility index (Phi) is 8.23. The SMILES string of the molecule is CC1CCC(c2ccc(-c3ccc(C(F)(F)Oc4cc(F)c(/C(F)=C/C(F)(F)F)c(F)c4)c(F)c3F)cc2)CC1. The maximum atomic E-state index is 14.9. The molecular formula is C29H22F10O. The monoisotopic (exact) mass is 576 g/mol. The number of halogens is 10. The van der Waals surface area contributed by atoms with Crippen LogP contribution in [0.1, 0.15) is 55.2 Å². The average Bonchev–Trinajstić information content (AvgIpc) is 2.84. The Bertz CT molecular complexity index is 1380. The van der Waals surface area contributed by atoms with Crippen LogP contribution in [-0.2, 0) is 6.11 Å². The van der Waals surface area contributed by atoms with Gasteiger partial charge in [-0.05, 0) is 41.9 Å².